The van der Waals surface area contributed by atoms with E-state index in [1.807, 2.05) is 41.8 Å². The zero-order valence-corrected chi connectivity index (χ0v) is 11.0. The molecule has 0 saturated carbocycles. The number of nitrogen functional groups attached to an aromatic ring is 1. The van der Waals surface area contributed by atoms with Gasteiger partial charge in [0.05, 0.1) is 12.2 Å². The molecular weight excluding hydrogens is 238 g/mol. The number of para-hydroxylation sites is 1. The molecule has 2 N–H and O–H groups in total. The highest BCUT2D eigenvalue weighted by Crippen LogP contribution is 2.19. The lowest BCUT2D eigenvalue weighted by molar-refractivity contribution is 0.296. The predicted octanol–water partition coefficient (Wildman–Crippen LogP) is 2.58. The fraction of sp³-hybridized carbons (Fsp3) is 0.267. The fourth-order valence-electron chi connectivity index (χ4n) is 2.12. The van der Waals surface area contributed by atoms with Crippen LogP contribution in [0.15, 0.2) is 36.4 Å². The number of nitrogens with zero attached hydrogens (tertiary/aromatic N) is 2. The topological polar surface area (TPSA) is 64.0 Å². The molecular formula is C15H17N3O. The minimum absolute atomic E-state index is 0.514. The quantitative estimate of drug-likeness (QED) is 0.893. The van der Waals surface area contributed by atoms with Gasteiger partial charge in [-0.3, -0.25) is 0 Å². The van der Waals surface area contributed by atoms with Gasteiger partial charge >= 0.3 is 0 Å². The first-order valence-electron chi connectivity index (χ1n) is 6.32. The Balaban J connectivity index is 2.05. The predicted molar refractivity (Wildman–Crippen MR) is 74.9 cm³/mol. The molecule has 0 saturated heterocycles. The second-order valence-corrected chi connectivity index (χ2v) is 4.21. The number of hydrogen-bond acceptors (Lipinski definition) is 3. The molecule has 1 aromatic heterocycles. The molecule has 0 fully saturated rings. The monoisotopic (exact) mass is 255 g/mol. The average molecular weight is 255 g/mol. The molecule has 0 spiro atoms. The van der Waals surface area contributed by atoms with Crippen LogP contribution in [0.3, 0.4) is 0 Å². The van der Waals surface area contributed by atoms with E-state index in [2.05, 4.69) is 6.07 Å². The van der Waals surface area contributed by atoms with Gasteiger partial charge in [0.25, 0.3) is 0 Å². The molecule has 0 aliphatic heterocycles. The van der Waals surface area contributed by atoms with Gasteiger partial charge in [0, 0.05) is 5.69 Å². The highest BCUT2D eigenvalue weighted by atomic mass is 16.5. The van der Waals surface area contributed by atoms with Crippen molar-refractivity contribution < 1.29 is 4.74 Å². The van der Waals surface area contributed by atoms with Gasteiger partial charge in [0.2, 0.25) is 0 Å². The molecule has 1 heterocycles. The summed E-state index contributed by atoms with van der Waals surface area (Å²) >= 11 is 0. The van der Waals surface area contributed by atoms with Crippen molar-refractivity contribution in [3.05, 3.63) is 47.8 Å². The van der Waals surface area contributed by atoms with Crippen molar-refractivity contribution in [3.8, 4) is 11.8 Å². The van der Waals surface area contributed by atoms with Crippen LogP contribution in [0.2, 0.25) is 0 Å². The van der Waals surface area contributed by atoms with Gasteiger partial charge in [0.1, 0.15) is 24.1 Å². The Hall–Kier alpha value is -2.41. The summed E-state index contributed by atoms with van der Waals surface area (Å²) in [6.45, 7) is 3.17. The van der Waals surface area contributed by atoms with Crippen LogP contribution >= 0.6 is 0 Å². The lowest BCUT2D eigenvalue weighted by Gasteiger charge is -2.11. The summed E-state index contributed by atoms with van der Waals surface area (Å²) in [7, 11) is 0. The smallest absolute Gasteiger partial charge is 0.122 e. The molecule has 0 bridgehead atoms. The van der Waals surface area contributed by atoms with E-state index in [4.69, 9.17) is 15.7 Å². The minimum atomic E-state index is 0.514. The number of rotatable bonds is 5. The second-order valence-electron chi connectivity index (χ2n) is 4.21. The van der Waals surface area contributed by atoms with Gasteiger partial charge in [-0.05, 0) is 24.6 Å². The van der Waals surface area contributed by atoms with E-state index in [1.54, 1.807) is 6.07 Å². The summed E-state index contributed by atoms with van der Waals surface area (Å²) in [5, 5.41) is 9.10. The lowest BCUT2D eigenvalue weighted by atomic mass is 10.3. The van der Waals surface area contributed by atoms with Gasteiger partial charge in [0.15, 0.2) is 0 Å². The largest absolute Gasteiger partial charge is 0.492 e. The van der Waals surface area contributed by atoms with E-state index in [1.165, 1.54) is 0 Å². The van der Waals surface area contributed by atoms with Crippen LogP contribution in [0, 0.1) is 11.3 Å². The highest BCUT2D eigenvalue weighted by molar-refractivity contribution is 5.50. The van der Waals surface area contributed by atoms with Gasteiger partial charge in [-0.2, -0.15) is 5.26 Å². The van der Waals surface area contributed by atoms with Gasteiger partial charge < -0.3 is 15.0 Å². The molecule has 0 aliphatic rings. The standard InChI is InChI=1S/C15H17N3O/c1-2-15-14(17)10-12(11-16)18(15)8-9-19-13-6-4-3-5-7-13/h3-7,10H,2,8-9,17H2,1H3. The maximum Gasteiger partial charge on any atom is 0.122 e. The second kappa shape index (κ2) is 5.96. The molecule has 0 unspecified atom stereocenters. The van der Waals surface area contributed by atoms with Gasteiger partial charge in [-0.1, -0.05) is 25.1 Å². The number of ether oxygens (including phenoxy) is 1. The third-order valence-electron chi connectivity index (χ3n) is 3.02. The maximum atomic E-state index is 9.10. The molecule has 0 atom stereocenters. The molecule has 2 aromatic rings. The average Bonchev–Trinajstić information content (AvgIpc) is 2.75. The molecule has 0 aliphatic carbocycles. The third-order valence-corrected chi connectivity index (χ3v) is 3.02. The van der Waals surface area contributed by atoms with E-state index in [-0.39, 0.29) is 0 Å². The van der Waals surface area contributed by atoms with Crippen LogP contribution in [0.25, 0.3) is 0 Å². The molecule has 0 amide bonds. The van der Waals surface area contributed by atoms with E-state index in [0.717, 1.165) is 17.9 Å². The number of anilines is 1. The normalized spacial score (nSPS) is 10.1. The zero-order chi connectivity index (χ0) is 13.7. The lowest BCUT2D eigenvalue weighted by Crippen LogP contribution is -2.12. The van der Waals surface area contributed by atoms with Gasteiger partial charge in [-0.25, -0.2) is 0 Å². The first-order chi connectivity index (χ1) is 9.26. The van der Waals surface area contributed by atoms with E-state index >= 15 is 0 Å². The van der Waals surface area contributed by atoms with Crippen molar-refractivity contribution in [3.63, 3.8) is 0 Å². The SMILES string of the molecule is CCc1c(N)cc(C#N)n1CCOc1ccccc1. The molecule has 1 aromatic carbocycles. The summed E-state index contributed by atoms with van der Waals surface area (Å²) in [5.74, 6) is 0.833. The summed E-state index contributed by atoms with van der Waals surface area (Å²) in [6, 6.07) is 13.5. The Morgan fingerprint density at radius 1 is 1.32 bits per heavy atom. The van der Waals surface area contributed by atoms with Crippen LogP contribution in [0.1, 0.15) is 18.3 Å². The number of benzene rings is 1. The molecule has 4 heteroatoms. The first kappa shape index (κ1) is 13.0. The fourth-order valence-corrected chi connectivity index (χ4v) is 2.12. The van der Waals surface area contributed by atoms with Crippen molar-refractivity contribution in [1.82, 2.24) is 4.57 Å². The van der Waals surface area contributed by atoms with Crippen LogP contribution in [-0.2, 0) is 13.0 Å². The first-order valence-corrected chi connectivity index (χ1v) is 6.32. The van der Waals surface area contributed by atoms with Crippen LogP contribution in [0.4, 0.5) is 5.69 Å². The third kappa shape index (κ3) is 2.89. The minimum Gasteiger partial charge on any atom is -0.492 e. The molecule has 2 rings (SSSR count). The summed E-state index contributed by atoms with van der Waals surface area (Å²) in [5.41, 5.74) is 8.16. The maximum absolute atomic E-state index is 9.10. The van der Waals surface area contributed by atoms with E-state index < -0.39 is 0 Å². The molecule has 98 valence electrons. The van der Waals surface area contributed by atoms with Crippen molar-refractivity contribution >= 4 is 5.69 Å². The number of nitriles is 1. The number of nitrogens with two attached hydrogens (primary N) is 1. The molecule has 4 nitrogen and oxygen atoms in total. The molecule has 19 heavy (non-hydrogen) atoms. The van der Waals surface area contributed by atoms with Crippen molar-refractivity contribution in [1.29, 1.82) is 5.26 Å². The Morgan fingerprint density at radius 3 is 2.68 bits per heavy atom. The Bertz CT molecular complexity index is 581. The van der Waals surface area contributed by atoms with Crippen molar-refractivity contribution in [2.45, 2.75) is 19.9 Å². The summed E-state index contributed by atoms with van der Waals surface area (Å²) < 4.78 is 7.58. The van der Waals surface area contributed by atoms with E-state index in [9.17, 15) is 0 Å². The molecule has 0 radical (unpaired) electrons. The zero-order valence-electron chi connectivity index (χ0n) is 11.0. The van der Waals surface area contributed by atoms with Crippen LogP contribution in [-0.4, -0.2) is 11.2 Å². The summed E-state index contributed by atoms with van der Waals surface area (Å²) in [4.78, 5) is 0. The van der Waals surface area contributed by atoms with E-state index in [0.29, 0.717) is 24.5 Å². The Labute approximate surface area is 113 Å². The number of aromatic nitrogens is 1. The van der Waals surface area contributed by atoms with Gasteiger partial charge in [-0.15, -0.1) is 0 Å². The Morgan fingerprint density at radius 2 is 2.05 bits per heavy atom. The Kier molecular flexibility index (Phi) is 4.09. The number of hydrogen-bond donors (Lipinski definition) is 1. The van der Waals surface area contributed by atoms with Crippen molar-refractivity contribution in [2.75, 3.05) is 12.3 Å². The van der Waals surface area contributed by atoms with Crippen LogP contribution < -0.4 is 10.5 Å². The van der Waals surface area contributed by atoms with Crippen LogP contribution in [0.5, 0.6) is 5.75 Å². The van der Waals surface area contributed by atoms with Crippen molar-refractivity contribution in [2.24, 2.45) is 0 Å². The highest BCUT2D eigenvalue weighted by Gasteiger charge is 2.11. The summed E-state index contributed by atoms with van der Waals surface area (Å²) in [6.07, 6.45) is 0.804.